The van der Waals surface area contributed by atoms with Crippen LogP contribution in [-0.4, -0.2) is 18.0 Å². The lowest BCUT2D eigenvalue weighted by Crippen LogP contribution is -2.18. The van der Waals surface area contributed by atoms with Gasteiger partial charge in [0, 0.05) is 21.8 Å². The molecule has 168 valence electrons. The molecule has 0 aliphatic heterocycles. The molecule has 33 heavy (non-hydrogen) atoms. The fourth-order valence-corrected chi connectivity index (χ4v) is 3.20. The zero-order valence-corrected chi connectivity index (χ0v) is 19.6. The summed E-state index contributed by atoms with van der Waals surface area (Å²) in [6.45, 7) is 6.24. The summed E-state index contributed by atoms with van der Waals surface area (Å²) >= 11 is 5.86. The van der Waals surface area contributed by atoms with Crippen LogP contribution in [0.2, 0.25) is 5.02 Å². The summed E-state index contributed by atoms with van der Waals surface area (Å²) in [7, 11) is 0. The van der Waals surface area contributed by atoms with Gasteiger partial charge in [-0.15, -0.1) is 0 Å². The maximum Gasteiger partial charge on any atom is 0.271 e. The van der Waals surface area contributed by atoms with Gasteiger partial charge < -0.3 is 5.32 Å². The second-order valence-electron chi connectivity index (χ2n) is 7.95. The number of hydrogen-bond acceptors (Lipinski definition) is 3. The number of hydrogen-bond donors (Lipinski definition) is 2. The molecule has 6 heteroatoms. The number of carbonyl (C=O) groups is 2. The van der Waals surface area contributed by atoms with Crippen LogP contribution in [0, 0.1) is 0 Å². The molecule has 0 fully saturated rings. The molecule has 0 aromatic heterocycles. The number of hydrazone groups is 1. The number of allylic oxidation sites excluding steroid dienone is 1. The van der Waals surface area contributed by atoms with E-state index in [1.807, 2.05) is 13.0 Å². The molecule has 3 aromatic carbocycles. The van der Waals surface area contributed by atoms with Crippen molar-refractivity contribution in [1.29, 1.82) is 0 Å². The Morgan fingerprint density at radius 3 is 2.27 bits per heavy atom. The van der Waals surface area contributed by atoms with Crippen molar-refractivity contribution in [2.45, 2.75) is 26.7 Å². The molecule has 0 spiro atoms. The first-order chi connectivity index (χ1) is 15.8. The predicted molar refractivity (Wildman–Crippen MR) is 136 cm³/mol. The Morgan fingerprint density at radius 2 is 1.61 bits per heavy atom. The van der Waals surface area contributed by atoms with E-state index in [-0.39, 0.29) is 11.8 Å². The van der Waals surface area contributed by atoms with Crippen LogP contribution in [0.3, 0.4) is 0 Å². The van der Waals surface area contributed by atoms with Crippen LogP contribution in [0.1, 0.15) is 58.5 Å². The molecule has 0 saturated heterocycles. The van der Waals surface area contributed by atoms with Crippen LogP contribution in [0.25, 0.3) is 6.08 Å². The molecule has 3 rings (SSSR count). The quantitative estimate of drug-likeness (QED) is 0.311. The summed E-state index contributed by atoms with van der Waals surface area (Å²) in [5, 5.41) is 7.37. The first-order valence-electron chi connectivity index (χ1n) is 10.6. The standard InChI is InChI=1S/C27H26ClN3O2/c1-18(2)21-9-7-20(8-10-21)15-19(3)17-29-31-27(33)23-5-4-6-25(16-23)30-26(32)22-11-13-24(28)14-12-22/h4-18H,1-3H3,(H,30,32)(H,31,33). The van der Waals surface area contributed by atoms with E-state index in [2.05, 4.69) is 54.0 Å². The Morgan fingerprint density at radius 1 is 0.909 bits per heavy atom. The molecule has 0 unspecified atom stereocenters. The van der Waals surface area contributed by atoms with Crippen molar-refractivity contribution in [2.24, 2.45) is 5.10 Å². The van der Waals surface area contributed by atoms with Gasteiger partial charge in [-0.1, -0.05) is 61.9 Å². The zero-order chi connectivity index (χ0) is 23.8. The number of nitrogens with one attached hydrogen (secondary N) is 2. The highest BCUT2D eigenvalue weighted by atomic mass is 35.5. The summed E-state index contributed by atoms with van der Waals surface area (Å²) in [5.74, 6) is -0.169. The maximum absolute atomic E-state index is 12.5. The van der Waals surface area contributed by atoms with Crippen molar-refractivity contribution in [1.82, 2.24) is 5.43 Å². The Hall–Kier alpha value is -3.70. The van der Waals surface area contributed by atoms with Crippen molar-refractivity contribution < 1.29 is 9.59 Å². The summed E-state index contributed by atoms with van der Waals surface area (Å²) in [6.07, 6.45) is 3.59. The smallest absolute Gasteiger partial charge is 0.271 e. The van der Waals surface area contributed by atoms with Crippen LogP contribution >= 0.6 is 11.6 Å². The zero-order valence-electron chi connectivity index (χ0n) is 18.8. The molecule has 0 heterocycles. The van der Waals surface area contributed by atoms with E-state index in [0.717, 1.165) is 11.1 Å². The Kier molecular flexibility index (Phi) is 8.17. The Balaban J connectivity index is 1.59. The predicted octanol–water partition coefficient (Wildman–Crippen LogP) is 6.53. The molecule has 2 amide bonds. The maximum atomic E-state index is 12.5. The minimum absolute atomic E-state index is 0.288. The fourth-order valence-electron chi connectivity index (χ4n) is 3.08. The van der Waals surface area contributed by atoms with Crippen molar-refractivity contribution in [2.75, 3.05) is 5.32 Å². The van der Waals surface area contributed by atoms with Crippen molar-refractivity contribution >= 4 is 41.4 Å². The van der Waals surface area contributed by atoms with E-state index in [4.69, 9.17) is 11.6 Å². The highest BCUT2D eigenvalue weighted by Gasteiger charge is 2.09. The Bertz CT molecular complexity index is 1180. The minimum Gasteiger partial charge on any atom is -0.322 e. The fraction of sp³-hybridized carbons (Fsp3) is 0.148. The monoisotopic (exact) mass is 459 g/mol. The first kappa shape index (κ1) is 24.0. The average Bonchev–Trinajstić information content (AvgIpc) is 2.80. The number of rotatable bonds is 7. The molecule has 0 radical (unpaired) electrons. The minimum atomic E-state index is -0.372. The van der Waals surface area contributed by atoms with E-state index in [0.29, 0.717) is 27.8 Å². The molecule has 5 nitrogen and oxygen atoms in total. The molecule has 0 saturated carbocycles. The normalized spacial score (nSPS) is 11.6. The SMILES string of the molecule is CC(C=NNC(=O)c1cccc(NC(=O)c2ccc(Cl)cc2)c1)=Cc1ccc(C(C)C)cc1. The summed E-state index contributed by atoms with van der Waals surface area (Å²) in [5.41, 5.74) is 7.14. The highest BCUT2D eigenvalue weighted by molar-refractivity contribution is 6.30. The number of halogens is 1. The van der Waals surface area contributed by atoms with Crippen LogP contribution in [0.15, 0.2) is 83.5 Å². The van der Waals surface area contributed by atoms with Crippen LogP contribution in [0.4, 0.5) is 5.69 Å². The van der Waals surface area contributed by atoms with Crippen LogP contribution in [0.5, 0.6) is 0 Å². The largest absolute Gasteiger partial charge is 0.322 e. The van der Waals surface area contributed by atoms with Crippen LogP contribution < -0.4 is 10.7 Å². The van der Waals surface area contributed by atoms with Crippen molar-refractivity contribution in [3.8, 4) is 0 Å². The molecule has 0 atom stereocenters. The number of anilines is 1. The van der Waals surface area contributed by atoms with E-state index in [1.165, 1.54) is 5.56 Å². The van der Waals surface area contributed by atoms with Gasteiger partial charge in [0.05, 0.1) is 6.21 Å². The number of carbonyl (C=O) groups excluding carboxylic acids is 2. The van der Waals surface area contributed by atoms with Gasteiger partial charge in [0.15, 0.2) is 0 Å². The van der Waals surface area contributed by atoms with Gasteiger partial charge in [-0.2, -0.15) is 5.10 Å². The van der Waals surface area contributed by atoms with E-state index < -0.39 is 0 Å². The van der Waals surface area contributed by atoms with Crippen LogP contribution in [-0.2, 0) is 0 Å². The number of amides is 2. The summed E-state index contributed by atoms with van der Waals surface area (Å²) < 4.78 is 0. The van der Waals surface area contributed by atoms with Gasteiger partial charge in [0.2, 0.25) is 0 Å². The molecule has 3 aromatic rings. The Labute approximate surface area is 199 Å². The average molecular weight is 460 g/mol. The second-order valence-corrected chi connectivity index (χ2v) is 8.39. The molecular formula is C27H26ClN3O2. The lowest BCUT2D eigenvalue weighted by Gasteiger charge is -2.07. The van der Waals surface area contributed by atoms with Gasteiger partial charge in [0.25, 0.3) is 11.8 Å². The van der Waals surface area contributed by atoms with Gasteiger partial charge >= 0.3 is 0 Å². The van der Waals surface area contributed by atoms with E-state index in [1.54, 1.807) is 54.7 Å². The first-order valence-corrected chi connectivity index (χ1v) is 11.0. The molecule has 0 aliphatic carbocycles. The highest BCUT2D eigenvalue weighted by Crippen LogP contribution is 2.16. The molecule has 0 aliphatic rings. The second kappa shape index (κ2) is 11.2. The third kappa shape index (κ3) is 7.16. The molecular weight excluding hydrogens is 434 g/mol. The lowest BCUT2D eigenvalue weighted by atomic mass is 10.0. The van der Waals surface area contributed by atoms with Gasteiger partial charge in [-0.05, 0) is 72.0 Å². The summed E-state index contributed by atoms with van der Waals surface area (Å²) in [6, 6.07) is 21.6. The van der Waals surface area contributed by atoms with Crippen molar-refractivity contribution in [3.05, 3.63) is 106 Å². The number of nitrogens with zero attached hydrogens (tertiary/aromatic N) is 1. The third-order valence-electron chi connectivity index (χ3n) is 4.92. The van der Waals surface area contributed by atoms with Gasteiger partial charge in [-0.25, -0.2) is 5.43 Å². The lowest BCUT2D eigenvalue weighted by molar-refractivity contribution is 0.0953. The summed E-state index contributed by atoms with van der Waals surface area (Å²) in [4.78, 5) is 24.8. The topological polar surface area (TPSA) is 70.6 Å². The van der Waals surface area contributed by atoms with E-state index >= 15 is 0 Å². The van der Waals surface area contributed by atoms with E-state index in [9.17, 15) is 9.59 Å². The third-order valence-corrected chi connectivity index (χ3v) is 5.17. The molecule has 0 bridgehead atoms. The van der Waals surface area contributed by atoms with Gasteiger partial charge in [0.1, 0.15) is 0 Å². The van der Waals surface area contributed by atoms with Gasteiger partial charge in [-0.3, -0.25) is 9.59 Å². The number of benzene rings is 3. The molecule has 2 N–H and O–H groups in total. The van der Waals surface area contributed by atoms with Crippen molar-refractivity contribution in [3.63, 3.8) is 0 Å².